The van der Waals surface area contributed by atoms with Gasteiger partial charge in [0.2, 0.25) is 0 Å². The summed E-state index contributed by atoms with van der Waals surface area (Å²) in [6.45, 7) is 8.42. The van der Waals surface area contributed by atoms with E-state index in [4.69, 9.17) is 4.74 Å². The van der Waals surface area contributed by atoms with E-state index in [1.165, 1.54) is 4.90 Å². The van der Waals surface area contributed by atoms with E-state index < -0.39 is 12.0 Å². The number of rotatable bonds is 7. The zero-order valence-electron chi connectivity index (χ0n) is 14.2. The summed E-state index contributed by atoms with van der Waals surface area (Å²) < 4.78 is 5.16. The van der Waals surface area contributed by atoms with Gasteiger partial charge in [-0.25, -0.2) is 9.59 Å². The van der Waals surface area contributed by atoms with Gasteiger partial charge in [0.25, 0.3) is 0 Å². The van der Waals surface area contributed by atoms with Crippen molar-refractivity contribution >= 4 is 12.0 Å². The van der Waals surface area contributed by atoms with Crippen molar-refractivity contribution in [1.82, 2.24) is 10.2 Å². The number of nitrogens with zero attached hydrogens (tertiary/aromatic N) is 1. The van der Waals surface area contributed by atoms with Gasteiger partial charge in [-0.3, -0.25) is 0 Å². The predicted octanol–water partition coefficient (Wildman–Crippen LogP) is 3.56. The Morgan fingerprint density at radius 3 is 2.67 bits per heavy atom. The molecule has 1 atom stereocenters. The van der Waals surface area contributed by atoms with Crippen LogP contribution in [0.5, 0.6) is 0 Å². The quantitative estimate of drug-likeness (QED) is 0.615. The smallest absolute Gasteiger partial charge is 0.337 e. The molecule has 2 amide bonds. The lowest BCUT2D eigenvalue weighted by Gasteiger charge is -2.31. The van der Waals surface area contributed by atoms with Crippen LogP contribution in [0.3, 0.4) is 0 Å². The van der Waals surface area contributed by atoms with Gasteiger partial charge in [0.1, 0.15) is 0 Å². The fourth-order valence-electron chi connectivity index (χ4n) is 2.60. The molecular formula is C19H24N2O3. The van der Waals surface area contributed by atoms with E-state index in [0.29, 0.717) is 18.7 Å². The SMILES string of the molecule is C=C(C)CCCN1C=C(C(=O)OCC)C(c2ccccc2)NC1=O. The molecule has 1 unspecified atom stereocenters. The number of hydrogen-bond donors (Lipinski definition) is 1. The predicted molar refractivity (Wildman–Crippen MR) is 93.2 cm³/mol. The van der Waals surface area contributed by atoms with E-state index in [-0.39, 0.29) is 6.03 Å². The Kier molecular flexibility index (Phi) is 6.18. The standard InChI is InChI=1S/C19H24N2O3/c1-4-24-18(22)16-13-21(12-8-9-14(2)3)19(23)20-17(16)15-10-6-5-7-11-15/h5-7,10-11,13,17H,2,4,8-9,12H2,1,3H3,(H,20,23). The highest BCUT2D eigenvalue weighted by molar-refractivity contribution is 5.93. The molecule has 128 valence electrons. The van der Waals surface area contributed by atoms with Crippen LogP contribution in [0.15, 0.2) is 54.3 Å². The summed E-state index contributed by atoms with van der Waals surface area (Å²) in [7, 11) is 0. The van der Waals surface area contributed by atoms with Crippen molar-refractivity contribution in [2.75, 3.05) is 13.2 Å². The van der Waals surface area contributed by atoms with Crippen LogP contribution in [0.1, 0.15) is 38.3 Å². The summed E-state index contributed by atoms with van der Waals surface area (Å²) >= 11 is 0. The zero-order chi connectivity index (χ0) is 17.5. The molecule has 0 radical (unpaired) electrons. The van der Waals surface area contributed by atoms with Gasteiger partial charge in [0.05, 0.1) is 18.2 Å². The third-order valence-corrected chi connectivity index (χ3v) is 3.78. The molecule has 1 aliphatic heterocycles. The largest absolute Gasteiger partial charge is 0.463 e. The van der Waals surface area contributed by atoms with Gasteiger partial charge in [-0.2, -0.15) is 0 Å². The highest BCUT2D eigenvalue weighted by Crippen LogP contribution is 2.27. The lowest BCUT2D eigenvalue weighted by molar-refractivity contribution is -0.139. The first-order valence-electron chi connectivity index (χ1n) is 8.18. The second-order valence-corrected chi connectivity index (χ2v) is 5.85. The summed E-state index contributed by atoms with van der Waals surface area (Å²) in [5.41, 5.74) is 2.37. The number of amides is 2. The maximum atomic E-state index is 12.4. The van der Waals surface area contributed by atoms with E-state index in [2.05, 4.69) is 11.9 Å². The Hall–Kier alpha value is -2.56. The molecule has 1 aromatic rings. The van der Waals surface area contributed by atoms with Crippen molar-refractivity contribution in [2.45, 2.75) is 32.7 Å². The van der Waals surface area contributed by atoms with Crippen molar-refractivity contribution in [2.24, 2.45) is 0 Å². The maximum Gasteiger partial charge on any atom is 0.337 e. The molecule has 24 heavy (non-hydrogen) atoms. The molecule has 0 spiro atoms. The molecule has 5 nitrogen and oxygen atoms in total. The highest BCUT2D eigenvalue weighted by Gasteiger charge is 2.32. The van der Waals surface area contributed by atoms with Crippen LogP contribution in [0.2, 0.25) is 0 Å². The Morgan fingerprint density at radius 2 is 2.04 bits per heavy atom. The summed E-state index contributed by atoms with van der Waals surface area (Å²) in [4.78, 5) is 26.2. The van der Waals surface area contributed by atoms with Crippen LogP contribution in [-0.4, -0.2) is 30.1 Å². The molecule has 2 rings (SSSR count). The Morgan fingerprint density at radius 1 is 1.33 bits per heavy atom. The minimum Gasteiger partial charge on any atom is -0.463 e. The maximum absolute atomic E-state index is 12.4. The summed E-state index contributed by atoms with van der Waals surface area (Å²) in [6, 6.07) is 8.72. The third-order valence-electron chi connectivity index (χ3n) is 3.78. The fourth-order valence-corrected chi connectivity index (χ4v) is 2.60. The normalized spacial score (nSPS) is 17.1. The number of urea groups is 1. The van der Waals surface area contributed by atoms with Crippen LogP contribution in [-0.2, 0) is 9.53 Å². The minimum atomic E-state index is -0.491. The van der Waals surface area contributed by atoms with Gasteiger partial charge in [0.15, 0.2) is 0 Å². The molecule has 0 saturated heterocycles. The topological polar surface area (TPSA) is 58.6 Å². The van der Waals surface area contributed by atoms with Gasteiger partial charge in [-0.05, 0) is 32.3 Å². The molecule has 0 aliphatic carbocycles. The Labute approximate surface area is 143 Å². The number of benzene rings is 1. The van der Waals surface area contributed by atoms with Crippen LogP contribution in [0, 0.1) is 0 Å². The minimum absolute atomic E-state index is 0.210. The number of carbonyl (C=O) groups excluding carboxylic acids is 2. The van der Waals surface area contributed by atoms with Crippen LogP contribution in [0.25, 0.3) is 0 Å². The van der Waals surface area contributed by atoms with E-state index in [1.807, 2.05) is 37.3 Å². The number of carbonyl (C=O) groups is 2. The van der Waals surface area contributed by atoms with Crippen molar-refractivity contribution in [3.63, 3.8) is 0 Å². The average Bonchev–Trinajstić information content (AvgIpc) is 2.56. The van der Waals surface area contributed by atoms with E-state index in [1.54, 1.807) is 13.1 Å². The van der Waals surface area contributed by atoms with Crippen molar-refractivity contribution in [1.29, 1.82) is 0 Å². The molecule has 0 saturated carbocycles. The fraction of sp³-hybridized carbons (Fsp3) is 0.368. The second-order valence-electron chi connectivity index (χ2n) is 5.85. The molecule has 5 heteroatoms. The second kappa shape index (κ2) is 8.34. The summed E-state index contributed by atoms with van der Waals surface area (Å²) in [6.07, 6.45) is 3.26. The first-order chi connectivity index (χ1) is 11.5. The number of hydrogen-bond acceptors (Lipinski definition) is 3. The molecule has 1 heterocycles. The van der Waals surface area contributed by atoms with Gasteiger partial charge in [-0.1, -0.05) is 35.9 Å². The number of allylic oxidation sites excluding steroid dienone is 1. The average molecular weight is 328 g/mol. The summed E-state index contributed by atoms with van der Waals surface area (Å²) in [5.74, 6) is -0.406. The summed E-state index contributed by atoms with van der Waals surface area (Å²) in [5, 5.41) is 2.91. The molecule has 0 fully saturated rings. The number of esters is 1. The van der Waals surface area contributed by atoms with E-state index >= 15 is 0 Å². The number of nitrogens with one attached hydrogen (secondary N) is 1. The van der Waals surface area contributed by atoms with Gasteiger partial charge in [0, 0.05) is 12.7 Å². The lowest BCUT2D eigenvalue weighted by atomic mass is 9.98. The molecule has 0 aromatic heterocycles. The molecular weight excluding hydrogens is 304 g/mol. The molecule has 1 aromatic carbocycles. The van der Waals surface area contributed by atoms with Crippen LogP contribution >= 0.6 is 0 Å². The van der Waals surface area contributed by atoms with Gasteiger partial charge < -0.3 is 15.0 Å². The zero-order valence-corrected chi connectivity index (χ0v) is 14.2. The van der Waals surface area contributed by atoms with Crippen LogP contribution in [0.4, 0.5) is 4.79 Å². The third kappa shape index (κ3) is 4.47. The van der Waals surface area contributed by atoms with Crippen molar-refractivity contribution in [3.05, 3.63) is 59.8 Å². The first kappa shape index (κ1) is 17.8. The van der Waals surface area contributed by atoms with Gasteiger partial charge in [-0.15, -0.1) is 6.58 Å². The molecule has 1 N–H and O–H groups in total. The van der Waals surface area contributed by atoms with E-state index in [0.717, 1.165) is 24.0 Å². The molecule has 0 bridgehead atoms. The molecule has 1 aliphatic rings. The van der Waals surface area contributed by atoms with Gasteiger partial charge >= 0.3 is 12.0 Å². The Bertz CT molecular complexity index is 637. The Balaban J connectivity index is 2.24. The first-order valence-corrected chi connectivity index (χ1v) is 8.18. The highest BCUT2D eigenvalue weighted by atomic mass is 16.5. The van der Waals surface area contributed by atoms with Crippen molar-refractivity contribution < 1.29 is 14.3 Å². The number of ether oxygens (including phenoxy) is 1. The van der Waals surface area contributed by atoms with Crippen molar-refractivity contribution in [3.8, 4) is 0 Å². The van der Waals surface area contributed by atoms with E-state index in [9.17, 15) is 9.59 Å². The lowest BCUT2D eigenvalue weighted by Crippen LogP contribution is -2.45. The van der Waals surface area contributed by atoms with Crippen LogP contribution < -0.4 is 5.32 Å². The monoisotopic (exact) mass is 328 g/mol.